The van der Waals surface area contributed by atoms with Gasteiger partial charge in [0.2, 0.25) is 0 Å². The van der Waals surface area contributed by atoms with Crippen LogP contribution in [0.5, 0.6) is 0 Å². The molecule has 1 aromatic heterocycles. The Balaban J connectivity index is 1.72. The number of aromatic amines is 1. The maximum atomic E-state index is 12.8. The molecular formula is C19H24N4O3. The van der Waals surface area contributed by atoms with Gasteiger partial charge in [-0.3, -0.25) is 9.59 Å². The van der Waals surface area contributed by atoms with E-state index in [0.29, 0.717) is 36.8 Å². The van der Waals surface area contributed by atoms with Crippen LogP contribution in [0.15, 0.2) is 35.1 Å². The van der Waals surface area contributed by atoms with E-state index in [0.717, 1.165) is 12.1 Å². The first-order valence-corrected chi connectivity index (χ1v) is 8.65. The van der Waals surface area contributed by atoms with Gasteiger partial charge in [-0.15, -0.1) is 0 Å². The van der Waals surface area contributed by atoms with Crippen molar-refractivity contribution in [3.8, 4) is 0 Å². The molecule has 1 atom stereocenters. The predicted octanol–water partition coefficient (Wildman–Crippen LogP) is 1.35. The van der Waals surface area contributed by atoms with Gasteiger partial charge in [-0.05, 0) is 38.7 Å². The van der Waals surface area contributed by atoms with Crippen LogP contribution in [-0.4, -0.2) is 59.5 Å². The van der Waals surface area contributed by atoms with Crippen molar-refractivity contribution in [2.75, 3.05) is 33.8 Å². The van der Waals surface area contributed by atoms with Gasteiger partial charge >= 0.3 is 0 Å². The molecule has 0 spiro atoms. The van der Waals surface area contributed by atoms with E-state index in [2.05, 4.69) is 14.9 Å². The maximum absolute atomic E-state index is 12.8. The number of amides is 1. The molecule has 1 fully saturated rings. The van der Waals surface area contributed by atoms with Crippen LogP contribution < -0.4 is 5.56 Å². The number of aromatic nitrogens is 2. The third-order valence-corrected chi connectivity index (χ3v) is 4.25. The molecule has 1 aromatic carbocycles. The summed E-state index contributed by atoms with van der Waals surface area (Å²) in [6.07, 6.45) is -0.423. The van der Waals surface area contributed by atoms with E-state index >= 15 is 0 Å². The molecule has 3 rings (SSSR count). The highest BCUT2D eigenvalue weighted by molar-refractivity contribution is 5.94. The third kappa shape index (κ3) is 4.36. The SMILES string of the molecule is Cc1cc(=O)[nH]c([C@@H]2CN(C(=O)c3ccc(CN(C)C)cc3)CCO2)n1. The number of hydrogen-bond acceptors (Lipinski definition) is 5. The molecule has 26 heavy (non-hydrogen) atoms. The lowest BCUT2D eigenvalue weighted by Gasteiger charge is -2.32. The van der Waals surface area contributed by atoms with Crippen LogP contribution in [0.3, 0.4) is 0 Å². The van der Waals surface area contributed by atoms with Gasteiger partial charge in [0.1, 0.15) is 11.9 Å². The molecule has 0 bridgehead atoms. The number of benzene rings is 1. The van der Waals surface area contributed by atoms with E-state index in [1.165, 1.54) is 6.07 Å². The number of H-pyrrole nitrogens is 1. The molecule has 1 saturated heterocycles. The van der Waals surface area contributed by atoms with Crippen molar-refractivity contribution in [1.82, 2.24) is 19.8 Å². The number of ether oxygens (including phenoxy) is 1. The fourth-order valence-electron chi connectivity index (χ4n) is 3.05. The molecular weight excluding hydrogens is 332 g/mol. The van der Waals surface area contributed by atoms with Crippen LogP contribution in [0.1, 0.15) is 33.5 Å². The quantitative estimate of drug-likeness (QED) is 0.895. The minimum Gasteiger partial charge on any atom is -0.367 e. The smallest absolute Gasteiger partial charge is 0.254 e. The van der Waals surface area contributed by atoms with Gasteiger partial charge in [-0.1, -0.05) is 12.1 Å². The summed E-state index contributed by atoms with van der Waals surface area (Å²) >= 11 is 0. The Bertz CT molecular complexity index is 829. The number of hydrogen-bond donors (Lipinski definition) is 1. The second-order valence-electron chi connectivity index (χ2n) is 6.82. The zero-order chi connectivity index (χ0) is 18.7. The second kappa shape index (κ2) is 7.80. The molecule has 0 aliphatic carbocycles. The van der Waals surface area contributed by atoms with E-state index in [1.54, 1.807) is 11.8 Å². The number of morpholine rings is 1. The first-order chi connectivity index (χ1) is 12.4. The molecule has 2 aromatic rings. The monoisotopic (exact) mass is 356 g/mol. The Morgan fingerprint density at radius 1 is 1.35 bits per heavy atom. The zero-order valence-electron chi connectivity index (χ0n) is 15.4. The van der Waals surface area contributed by atoms with E-state index < -0.39 is 6.10 Å². The fraction of sp³-hybridized carbons (Fsp3) is 0.421. The summed E-state index contributed by atoms with van der Waals surface area (Å²) in [7, 11) is 4.02. The van der Waals surface area contributed by atoms with Crippen molar-refractivity contribution in [2.45, 2.75) is 19.6 Å². The minimum absolute atomic E-state index is 0.0373. The average molecular weight is 356 g/mol. The van der Waals surface area contributed by atoms with Gasteiger partial charge in [0.05, 0.1) is 13.2 Å². The van der Waals surface area contributed by atoms with Crippen molar-refractivity contribution in [2.24, 2.45) is 0 Å². The first kappa shape index (κ1) is 18.3. The summed E-state index contributed by atoms with van der Waals surface area (Å²) in [5.41, 5.74) is 2.23. The molecule has 7 heteroatoms. The number of nitrogens with zero attached hydrogens (tertiary/aromatic N) is 3. The molecule has 2 heterocycles. The Morgan fingerprint density at radius 2 is 2.08 bits per heavy atom. The number of carbonyl (C=O) groups is 1. The first-order valence-electron chi connectivity index (χ1n) is 8.65. The average Bonchev–Trinajstić information content (AvgIpc) is 2.60. The predicted molar refractivity (Wildman–Crippen MR) is 98.0 cm³/mol. The molecule has 0 radical (unpaired) electrons. The number of rotatable bonds is 4. The second-order valence-corrected chi connectivity index (χ2v) is 6.82. The molecule has 1 N–H and O–H groups in total. The van der Waals surface area contributed by atoms with Crippen molar-refractivity contribution in [1.29, 1.82) is 0 Å². The van der Waals surface area contributed by atoms with E-state index in [9.17, 15) is 9.59 Å². The minimum atomic E-state index is -0.423. The summed E-state index contributed by atoms with van der Waals surface area (Å²) in [5, 5.41) is 0. The summed E-state index contributed by atoms with van der Waals surface area (Å²) in [4.78, 5) is 35.4. The summed E-state index contributed by atoms with van der Waals surface area (Å²) in [6, 6.07) is 9.11. The third-order valence-electron chi connectivity index (χ3n) is 4.25. The summed E-state index contributed by atoms with van der Waals surface area (Å²) in [5.74, 6) is 0.429. The number of aryl methyl sites for hydroxylation is 1. The van der Waals surface area contributed by atoms with Crippen molar-refractivity contribution in [3.63, 3.8) is 0 Å². The van der Waals surface area contributed by atoms with Crippen LogP contribution in [0, 0.1) is 6.92 Å². The van der Waals surface area contributed by atoms with Crippen molar-refractivity contribution in [3.05, 3.63) is 63.3 Å². The van der Waals surface area contributed by atoms with E-state index in [1.807, 2.05) is 38.4 Å². The molecule has 0 unspecified atom stereocenters. The van der Waals surface area contributed by atoms with Gasteiger partial charge in [0.25, 0.3) is 11.5 Å². The molecule has 1 aliphatic rings. The van der Waals surface area contributed by atoms with E-state index in [-0.39, 0.29) is 11.5 Å². The normalized spacial score (nSPS) is 17.5. The van der Waals surface area contributed by atoms with Gasteiger partial charge in [-0.2, -0.15) is 0 Å². The number of nitrogens with one attached hydrogen (secondary N) is 1. The summed E-state index contributed by atoms with van der Waals surface area (Å²) < 4.78 is 5.72. The topological polar surface area (TPSA) is 78.5 Å². The molecule has 138 valence electrons. The highest BCUT2D eigenvalue weighted by atomic mass is 16.5. The van der Waals surface area contributed by atoms with Crippen LogP contribution in [0.2, 0.25) is 0 Å². The Hall–Kier alpha value is -2.51. The Kier molecular flexibility index (Phi) is 5.49. The highest BCUT2D eigenvalue weighted by Crippen LogP contribution is 2.20. The molecule has 7 nitrogen and oxygen atoms in total. The molecule has 0 saturated carbocycles. The highest BCUT2D eigenvalue weighted by Gasteiger charge is 2.27. The van der Waals surface area contributed by atoms with Crippen LogP contribution in [0.4, 0.5) is 0 Å². The standard InChI is InChI=1S/C19H24N4O3/c1-13-10-17(24)21-18(20-13)16-12-23(8-9-26-16)19(25)15-6-4-14(5-7-15)11-22(2)3/h4-7,10,16H,8-9,11-12H2,1-3H3,(H,20,21,24)/t16-/m0/s1. The van der Waals surface area contributed by atoms with Gasteiger partial charge in [-0.25, -0.2) is 4.98 Å². The Labute approximate surface area is 152 Å². The van der Waals surface area contributed by atoms with Crippen LogP contribution in [0.25, 0.3) is 0 Å². The molecule has 1 amide bonds. The van der Waals surface area contributed by atoms with Crippen molar-refractivity contribution < 1.29 is 9.53 Å². The van der Waals surface area contributed by atoms with Crippen molar-refractivity contribution >= 4 is 5.91 Å². The van der Waals surface area contributed by atoms with Gasteiger partial charge in [0, 0.05) is 30.4 Å². The summed E-state index contributed by atoms with van der Waals surface area (Å²) in [6.45, 7) is 3.89. The van der Waals surface area contributed by atoms with Crippen LogP contribution in [-0.2, 0) is 11.3 Å². The van der Waals surface area contributed by atoms with Gasteiger partial charge in [0.15, 0.2) is 0 Å². The lowest BCUT2D eigenvalue weighted by atomic mass is 10.1. The lowest BCUT2D eigenvalue weighted by Crippen LogP contribution is -2.43. The van der Waals surface area contributed by atoms with Gasteiger partial charge < -0.3 is 19.5 Å². The maximum Gasteiger partial charge on any atom is 0.254 e. The van der Waals surface area contributed by atoms with Crippen LogP contribution >= 0.6 is 0 Å². The lowest BCUT2D eigenvalue weighted by molar-refractivity contribution is -0.0269. The van der Waals surface area contributed by atoms with E-state index in [4.69, 9.17) is 4.74 Å². The molecule has 1 aliphatic heterocycles. The Morgan fingerprint density at radius 3 is 2.73 bits per heavy atom. The largest absolute Gasteiger partial charge is 0.367 e. The zero-order valence-corrected chi connectivity index (χ0v) is 15.4. The fourth-order valence-corrected chi connectivity index (χ4v) is 3.05. The number of carbonyl (C=O) groups excluding carboxylic acids is 1.